The zero-order chi connectivity index (χ0) is 12.3. The van der Waals surface area contributed by atoms with E-state index >= 15 is 0 Å². The van der Waals surface area contributed by atoms with Gasteiger partial charge in [0.25, 0.3) is 5.56 Å². The lowest BCUT2D eigenvalue weighted by Gasteiger charge is -2.22. The van der Waals surface area contributed by atoms with Crippen molar-refractivity contribution in [3.63, 3.8) is 0 Å². The fourth-order valence-corrected chi connectivity index (χ4v) is 2.65. The first kappa shape index (κ1) is 13.0. The minimum absolute atomic E-state index is 0.0990. The maximum absolute atomic E-state index is 12.0. The summed E-state index contributed by atoms with van der Waals surface area (Å²) in [6, 6.07) is 0. The Morgan fingerprint density at radius 3 is 3.18 bits per heavy atom. The van der Waals surface area contributed by atoms with Gasteiger partial charge < -0.3 is 5.32 Å². The zero-order valence-corrected chi connectivity index (χ0v) is 12.2. The summed E-state index contributed by atoms with van der Waals surface area (Å²) < 4.78 is 2.48. The number of piperidine rings is 1. The molecule has 1 aromatic heterocycles. The molecule has 1 saturated heterocycles. The second-order valence-electron chi connectivity index (χ2n) is 4.64. The van der Waals surface area contributed by atoms with E-state index in [0.29, 0.717) is 5.92 Å². The summed E-state index contributed by atoms with van der Waals surface area (Å²) in [7, 11) is 0. The first-order valence-electron chi connectivity index (χ1n) is 6.10. The van der Waals surface area contributed by atoms with Gasteiger partial charge in [0.1, 0.15) is 0 Å². The van der Waals surface area contributed by atoms with Crippen molar-refractivity contribution in [3.05, 3.63) is 25.9 Å². The highest BCUT2D eigenvalue weighted by atomic mass is 127. The smallest absolute Gasteiger partial charge is 0.266 e. The normalized spacial score (nSPS) is 20.5. The summed E-state index contributed by atoms with van der Waals surface area (Å²) in [6.45, 7) is 4.89. The van der Waals surface area contributed by atoms with Crippen LogP contribution in [0.4, 0.5) is 0 Å². The molecule has 0 radical (unpaired) electrons. The Morgan fingerprint density at radius 1 is 1.65 bits per heavy atom. The minimum Gasteiger partial charge on any atom is -0.316 e. The van der Waals surface area contributed by atoms with Gasteiger partial charge in [-0.2, -0.15) is 0 Å². The van der Waals surface area contributed by atoms with Crippen molar-refractivity contribution >= 4 is 22.6 Å². The molecule has 1 fully saturated rings. The van der Waals surface area contributed by atoms with Crippen LogP contribution in [0.15, 0.2) is 11.1 Å². The molecule has 0 spiro atoms. The predicted octanol–water partition coefficient (Wildman–Crippen LogP) is 1.55. The Balaban J connectivity index is 1.99. The van der Waals surface area contributed by atoms with Crippen LogP contribution in [0.2, 0.25) is 0 Å². The number of aryl methyl sites for hydroxylation is 2. The van der Waals surface area contributed by atoms with Crippen LogP contribution >= 0.6 is 22.6 Å². The van der Waals surface area contributed by atoms with E-state index in [1.807, 2.05) is 6.92 Å². The van der Waals surface area contributed by atoms with Crippen LogP contribution in [0.1, 0.15) is 25.0 Å². The average Bonchev–Trinajstić information content (AvgIpc) is 2.36. The largest absolute Gasteiger partial charge is 0.316 e. The fraction of sp³-hybridized carbons (Fsp3) is 0.667. The first-order chi connectivity index (χ1) is 8.18. The molecule has 0 saturated carbocycles. The monoisotopic (exact) mass is 347 g/mol. The van der Waals surface area contributed by atoms with Gasteiger partial charge in [0.2, 0.25) is 0 Å². The molecular weight excluding hydrogens is 329 g/mol. The molecule has 0 aromatic carbocycles. The molecule has 0 amide bonds. The van der Waals surface area contributed by atoms with E-state index in [2.05, 4.69) is 32.9 Å². The Kier molecular flexibility index (Phi) is 4.55. The number of aromatic nitrogens is 2. The molecule has 1 aromatic rings. The number of hydrogen-bond acceptors (Lipinski definition) is 3. The molecule has 0 bridgehead atoms. The van der Waals surface area contributed by atoms with Crippen LogP contribution in [-0.2, 0) is 6.54 Å². The number of hydrogen-bond donors (Lipinski definition) is 1. The number of nitrogens with one attached hydrogen (secondary N) is 1. The zero-order valence-electron chi connectivity index (χ0n) is 10.1. The van der Waals surface area contributed by atoms with Gasteiger partial charge in [0.05, 0.1) is 15.6 Å². The van der Waals surface area contributed by atoms with E-state index in [-0.39, 0.29) is 5.56 Å². The molecule has 1 aliphatic rings. The molecule has 5 heteroatoms. The second kappa shape index (κ2) is 5.95. The van der Waals surface area contributed by atoms with Crippen molar-refractivity contribution < 1.29 is 0 Å². The third-order valence-corrected chi connectivity index (χ3v) is 4.58. The second-order valence-corrected chi connectivity index (χ2v) is 5.72. The topological polar surface area (TPSA) is 46.9 Å². The van der Waals surface area contributed by atoms with Crippen molar-refractivity contribution in [2.75, 3.05) is 13.1 Å². The quantitative estimate of drug-likeness (QED) is 0.844. The van der Waals surface area contributed by atoms with Crippen LogP contribution in [-0.4, -0.2) is 22.6 Å². The van der Waals surface area contributed by atoms with Crippen LogP contribution in [0.25, 0.3) is 0 Å². The third-order valence-electron chi connectivity index (χ3n) is 3.33. The molecule has 4 nitrogen and oxygen atoms in total. The summed E-state index contributed by atoms with van der Waals surface area (Å²) in [5.74, 6) is 0.703. The summed E-state index contributed by atoms with van der Waals surface area (Å²) in [4.78, 5) is 16.2. The van der Waals surface area contributed by atoms with Crippen LogP contribution < -0.4 is 10.9 Å². The van der Waals surface area contributed by atoms with E-state index in [0.717, 1.165) is 35.3 Å². The molecule has 17 heavy (non-hydrogen) atoms. The molecule has 94 valence electrons. The lowest BCUT2D eigenvalue weighted by molar-refractivity contribution is 0.339. The molecule has 0 aliphatic carbocycles. The molecule has 2 rings (SSSR count). The molecule has 2 heterocycles. The van der Waals surface area contributed by atoms with E-state index < -0.39 is 0 Å². The summed E-state index contributed by atoms with van der Waals surface area (Å²) in [5, 5.41) is 3.40. The molecule has 1 N–H and O–H groups in total. The van der Waals surface area contributed by atoms with Crippen LogP contribution in [0.5, 0.6) is 0 Å². The van der Waals surface area contributed by atoms with Gasteiger partial charge in [0.15, 0.2) is 0 Å². The highest BCUT2D eigenvalue weighted by molar-refractivity contribution is 14.1. The predicted molar refractivity (Wildman–Crippen MR) is 76.2 cm³/mol. The van der Waals surface area contributed by atoms with Gasteiger partial charge in [-0.1, -0.05) is 0 Å². The number of halogens is 1. The summed E-state index contributed by atoms with van der Waals surface area (Å²) >= 11 is 2.08. The van der Waals surface area contributed by atoms with Crippen molar-refractivity contribution in [2.45, 2.75) is 32.7 Å². The van der Waals surface area contributed by atoms with Gasteiger partial charge in [-0.25, -0.2) is 4.98 Å². The van der Waals surface area contributed by atoms with Crippen molar-refractivity contribution in [1.82, 2.24) is 14.9 Å². The van der Waals surface area contributed by atoms with Crippen LogP contribution in [0, 0.1) is 16.4 Å². The summed E-state index contributed by atoms with van der Waals surface area (Å²) in [5.41, 5.74) is 0.924. The Morgan fingerprint density at radius 2 is 2.47 bits per heavy atom. The maximum Gasteiger partial charge on any atom is 0.266 e. The number of rotatable bonds is 3. The molecule has 1 aliphatic heterocycles. The standard InChI is InChI=1S/C12H18IN3O/c1-9-11(13)12(17)16(8-15-9)6-4-10-3-2-5-14-7-10/h8,10,14H,2-7H2,1H3. The van der Waals surface area contributed by atoms with E-state index in [1.54, 1.807) is 10.9 Å². The van der Waals surface area contributed by atoms with Crippen LogP contribution in [0.3, 0.4) is 0 Å². The lowest BCUT2D eigenvalue weighted by atomic mass is 9.96. The molecular formula is C12H18IN3O. The van der Waals surface area contributed by atoms with E-state index in [4.69, 9.17) is 0 Å². The SMILES string of the molecule is Cc1ncn(CCC2CCCNC2)c(=O)c1I. The van der Waals surface area contributed by atoms with Crippen molar-refractivity contribution in [3.8, 4) is 0 Å². The highest BCUT2D eigenvalue weighted by Crippen LogP contribution is 2.14. The highest BCUT2D eigenvalue weighted by Gasteiger charge is 2.13. The van der Waals surface area contributed by atoms with Gasteiger partial charge >= 0.3 is 0 Å². The Labute approximate surface area is 115 Å². The van der Waals surface area contributed by atoms with E-state index in [9.17, 15) is 4.79 Å². The first-order valence-corrected chi connectivity index (χ1v) is 7.18. The average molecular weight is 347 g/mol. The van der Waals surface area contributed by atoms with Gasteiger partial charge in [-0.05, 0) is 67.8 Å². The minimum atomic E-state index is 0.0990. The third kappa shape index (κ3) is 3.28. The van der Waals surface area contributed by atoms with Crippen molar-refractivity contribution in [2.24, 2.45) is 5.92 Å². The van der Waals surface area contributed by atoms with Crippen molar-refractivity contribution in [1.29, 1.82) is 0 Å². The molecule has 1 atom stereocenters. The Hall–Kier alpha value is -0.430. The lowest BCUT2D eigenvalue weighted by Crippen LogP contribution is -2.32. The number of nitrogens with zero attached hydrogens (tertiary/aromatic N) is 2. The summed E-state index contributed by atoms with van der Waals surface area (Å²) in [6.07, 6.45) is 5.27. The molecule has 1 unspecified atom stereocenters. The fourth-order valence-electron chi connectivity index (χ4n) is 2.20. The van der Waals surface area contributed by atoms with Gasteiger partial charge in [-0.15, -0.1) is 0 Å². The van der Waals surface area contributed by atoms with Gasteiger partial charge in [0, 0.05) is 6.54 Å². The van der Waals surface area contributed by atoms with Gasteiger partial charge in [-0.3, -0.25) is 9.36 Å². The van der Waals surface area contributed by atoms with E-state index in [1.165, 1.54) is 12.8 Å². The maximum atomic E-state index is 12.0. The Bertz CT molecular complexity index is 438.